The second-order valence-corrected chi connectivity index (χ2v) is 10.9. The standard InChI is InChI=1S/C32H39F2N7/c1-6-23(20-40-13-12-32(33,34)21-40)19-24(7-2)22(4)18-25-26(8-3)37-38-29(25)31-35-27-10-9-11-28(30(27)36-31)41-16-14-39(5)15-17-41/h6-11,18-19,37H,1,4,12-17,20-21H2,2-3,5H3,(H,35,36)/b23-19+,24-7+,25-18+,26-8+. The summed E-state index contributed by atoms with van der Waals surface area (Å²) in [4.78, 5) is 15.0. The van der Waals surface area contributed by atoms with Crippen LogP contribution in [0.4, 0.5) is 14.5 Å². The molecule has 0 saturated carbocycles. The van der Waals surface area contributed by atoms with Crippen LogP contribution in [0.3, 0.4) is 0 Å². The molecule has 2 aliphatic rings. The number of aromatic amines is 2. The van der Waals surface area contributed by atoms with Gasteiger partial charge < -0.3 is 14.8 Å². The first-order valence-corrected chi connectivity index (χ1v) is 14.1. The minimum atomic E-state index is -2.63. The van der Waals surface area contributed by atoms with Gasteiger partial charge in [0.25, 0.3) is 5.92 Å². The van der Waals surface area contributed by atoms with E-state index in [4.69, 9.17) is 4.98 Å². The molecule has 0 bridgehead atoms. The van der Waals surface area contributed by atoms with Crippen LogP contribution in [0.25, 0.3) is 34.7 Å². The summed E-state index contributed by atoms with van der Waals surface area (Å²) < 4.78 is 27.4. The molecule has 9 heteroatoms. The van der Waals surface area contributed by atoms with E-state index in [1.165, 1.54) is 0 Å². The number of nitrogens with one attached hydrogen (secondary N) is 2. The van der Waals surface area contributed by atoms with Crippen LogP contribution < -0.4 is 15.5 Å². The van der Waals surface area contributed by atoms with E-state index >= 15 is 0 Å². The van der Waals surface area contributed by atoms with Crippen molar-refractivity contribution in [2.75, 3.05) is 57.8 Å². The molecule has 41 heavy (non-hydrogen) atoms. The number of nitrogens with zero attached hydrogens (tertiary/aromatic N) is 5. The minimum Gasteiger partial charge on any atom is -0.367 e. The van der Waals surface area contributed by atoms with Gasteiger partial charge in [-0.25, -0.2) is 13.8 Å². The van der Waals surface area contributed by atoms with Crippen molar-refractivity contribution >= 4 is 28.9 Å². The Morgan fingerprint density at radius 2 is 1.93 bits per heavy atom. The highest BCUT2D eigenvalue weighted by Crippen LogP contribution is 2.29. The summed E-state index contributed by atoms with van der Waals surface area (Å²) >= 11 is 0. The number of likely N-dealkylation sites (N-methyl/N-ethyl adjacent to an activating group) is 1. The van der Waals surface area contributed by atoms with Gasteiger partial charge in [-0.1, -0.05) is 43.5 Å². The van der Waals surface area contributed by atoms with Crippen LogP contribution >= 0.6 is 0 Å². The summed E-state index contributed by atoms with van der Waals surface area (Å²) in [6, 6.07) is 6.24. The normalized spacial score (nSPS) is 20.0. The van der Waals surface area contributed by atoms with Crippen LogP contribution in [0.2, 0.25) is 0 Å². The third kappa shape index (κ3) is 6.26. The quantitative estimate of drug-likeness (QED) is 0.404. The molecular formula is C32H39F2N7. The van der Waals surface area contributed by atoms with Crippen molar-refractivity contribution in [2.24, 2.45) is 0 Å². The number of aromatic nitrogens is 4. The fourth-order valence-corrected chi connectivity index (χ4v) is 5.53. The predicted molar refractivity (Wildman–Crippen MR) is 164 cm³/mol. The van der Waals surface area contributed by atoms with E-state index in [-0.39, 0.29) is 13.0 Å². The number of rotatable bonds is 8. The maximum absolute atomic E-state index is 13.7. The number of anilines is 1. The highest BCUT2D eigenvalue weighted by molar-refractivity contribution is 5.91. The Morgan fingerprint density at radius 3 is 2.59 bits per heavy atom. The van der Waals surface area contributed by atoms with Gasteiger partial charge in [0.2, 0.25) is 0 Å². The summed E-state index contributed by atoms with van der Waals surface area (Å²) in [5.41, 5.74) is 6.27. The molecule has 0 amide bonds. The van der Waals surface area contributed by atoms with E-state index in [0.29, 0.717) is 24.6 Å². The number of halogens is 2. The number of hydrogen-bond donors (Lipinski definition) is 2. The van der Waals surface area contributed by atoms with Crippen LogP contribution in [0.5, 0.6) is 0 Å². The molecular weight excluding hydrogens is 520 g/mol. The third-order valence-corrected chi connectivity index (χ3v) is 7.94. The molecule has 1 aromatic carbocycles. The van der Waals surface area contributed by atoms with Crippen molar-refractivity contribution in [1.29, 1.82) is 0 Å². The summed E-state index contributed by atoms with van der Waals surface area (Å²) in [6.07, 6.45) is 9.54. The van der Waals surface area contributed by atoms with Crippen LogP contribution in [-0.4, -0.2) is 88.7 Å². The smallest absolute Gasteiger partial charge is 0.261 e. The molecule has 4 heterocycles. The Labute approximate surface area is 239 Å². The Balaban J connectivity index is 1.47. The average molecular weight is 560 g/mol. The highest BCUT2D eigenvalue weighted by Gasteiger charge is 2.37. The van der Waals surface area contributed by atoms with Crippen molar-refractivity contribution in [2.45, 2.75) is 26.2 Å². The Bertz CT molecular complexity index is 1620. The number of piperazine rings is 1. The highest BCUT2D eigenvalue weighted by atomic mass is 19.3. The van der Waals surface area contributed by atoms with Crippen LogP contribution in [-0.2, 0) is 0 Å². The van der Waals surface area contributed by atoms with E-state index in [0.717, 1.165) is 70.2 Å². The number of allylic oxidation sites excluding steroid dienone is 4. The van der Waals surface area contributed by atoms with E-state index in [1.54, 1.807) is 11.0 Å². The number of fused-ring (bicyclic) bond motifs is 1. The van der Waals surface area contributed by atoms with Crippen molar-refractivity contribution in [3.63, 3.8) is 0 Å². The molecule has 0 atom stereocenters. The van der Waals surface area contributed by atoms with Crippen molar-refractivity contribution in [3.8, 4) is 11.5 Å². The maximum Gasteiger partial charge on any atom is 0.261 e. The van der Waals surface area contributed by atoms with Gasteiger partial charge in [0.05, 0.1) is 23.1 Å². The Morgan fingerprint density at radius 1 is 1.15 bits per heavy atom. The summed E-state index contributed by atoms with van der Waals surface area (Å²) in [6.45, 7) is 16.7. The topological polar surface area (TPSA) is 67.1 Å². The number of para-hydroxylation sites is 1. The molecule has 0 unspecified atom stereocenters. The van der Waals surface area contributed by atoms with Crippen LogP contribution in [0, 0.1) is 0 Å². The SMILES string of the molecule is C=C/C(=C\C(=C/C)C(=C)/C=c1/c(-c2nc3c(N4CCN(C)CC4)cccc3[nH]2)n[nH]/c1=C/C)CN1CCC(F)(F)C1. The molecule has 0 radical (unpaired) electrons. The number of hydrogen-bond acceptors (Lipinski definition) is 5. The molecule has 2 fully saturated rings. The molecule has 7 nitrogen and oxygen atoms in total. The maximum atomic E-state index is 13.7. The lowest BCUT2D eigenvalue weighted by Crippen LogP contribution is -2.44. The molecule has 5 rings (SSSR count). The van der Waals surface area contributed by atoms with Crippen LogP contribution in [0.15, 0.2) is 66.3 Å². The summed E-state index contributed by atoms with van der Waals surface area (Å²) in [5, 5.41) is 9.51. The van der Waals surface area contributed by atoms with Gasteiger partial charge in [-0.15, -0.1) is 0 Å². The molecule has 2 aromatic heterocycles. The van der Waals surface area contributed by atoms with Crippen molar-refractivity contribution in [1.82, 2.24) is 30.0 Å². The minimum absolute atomic E-state index is 0.105. The number of imidazole rings is 1. The Hall–Kier alpha value is -3.82. The number of H-pyrrole nitrogens is 2. The zero-order valence-corrected chi connectivity index (χ0v) is 24.2. The average Bonchev–Trinajstić information content (AvgIpc) is 3.66. The molecule has 216 valence electrons. The molecule has 0 spiro atoms. The monoisotopic (exact) mass is 559 g/mol. The first kappa shape index (κ1) is 28.7. The zero-order valence-electron chi connectivity index (χ0n) is 24.2. The summed E-state index contributed by atoms with van der Waals surface area (Å²) in [5.74, 6) is -1.94. The predicted octanol–water partition coefficient (Wildman–Crippen LogP) is 4.24. The second kappa shape index (κ2) is 12.0. The van der Waals surface area contributed by atoms with Gasteiger partial charge in [-0.3, -0.25) is 10.00 Å². The van der Waals surface area contributed by atoms with Gasteiger partial charge in [-0.2, -0.15) is 5.10 Å². The Kier molecular flexibility index (Phi) is 8.37. The molecule has 3 aromatic rings. The summed E-state index contributed by atoms with van der Waals surface area (Å²) in [7, 11) is 2.15. The van der Waals surface area contributed by atoms with Gasteiger partial charge >= 0.3 is 0 Å². The molecule has 2 aliphatic heterocycles. The van der Waals surface area contributed by atoms with E-state index in [2.05, 4.69) is 57.3 Å². The molecule has 2 saturated heterocycles. The van der Waals surface area contributed by atoms with E-state index in [9.17, 15) is 8.78 Å². The largest absolute Gasteiger partial charge is 0.367 e. The number of benzene rings is 1. The zero-order chi connectivity index (χ0) is 29.1. The third-order valence-electron chi connectivity index (χ3n) is 7.94. The van der Waals surface area contributed by atoms with Crippen molar-refractivity contribution in [3.05, 3.63) is 76.9 Å². The van der Waals surface area contributed by atoms with Gasteiger partial charge in [-0.05, 0) is 55.8 Å². The lowest BCUT2D eigenvalue weighted by Gasteiger charge is -2.34. The number of alkyl halides is 2. The second-order valence-electron chi connectivity index (χ2n) is 10.9. The van der Waals surface area contributed by atoms with Crippen molar-refractivity contribution < 1.29 is 8.78 Å². The van der Waals surface area contributed by atoms with E-state index in [1.807, 2.05) is 44.2 Å². The van der Waals surface area contributed by atoms with Gasteiger partial charge in [0, 0.05) is 50.9 Å². The fourth-order valence-electron chi connectivity index (χ4n) is 5.53. The lowest BCUT2D eigenvalue weighted by atomic mass is 10.0. The molecule has 2 N–H and O–H groups in total. The molecule has 0 aliphatic carbocycles. The van der Waals surface area contributed by atoms with E-state index < -0.39 is 5.92 Å². The first-order valence-electron chi connectivity index (χ1n) is 14.1. The van der Waals surface area contributed by atoms with Gasteiger partial charge in [0.1, 0.15) is 11.2 Å². The first-order chi connectivity index (χ1) is 19.7. The fraction of sp³-hybridized carbons (Fsp3) is 0.375. The van der Waals surface area contributed by atoms with Gasteiger partial charge in [0.15, 0.2) is 5.82 Å². The number of likely N-dealkylation sites (tertiary alicyclic amines) is 1. The lowest BCUT2D eigenvalue weighted by molar-refractivity contribution is 0.0131. The van der Waals surface area contributed by atoms with Crippen LogP contribution in [0.1, 0.15) is 20.3 Å².